The number of nitrogens with zero attached hydrogens (tertiary/aromatic N) is 1. The maximum absolute atomic E-state index is 12.9. The molecule has 25 heavy (non-hydrogen) atoms. The molecule has 1 aliphatic heterocycles. The molecule has 4 rings (SSSR count). The maximum atomic E-state index is 12.9. The lowest BCUT2D eigenvalue weighted by molar-refractivity contribution is -0.138. The maximum Gasteiger partial charge on any atom is 0.243 e. The molecule has 1 saturated heterocycles. The van der Waals surface area contributed by atoms with Gasteiger partial charge < -0.3 is 10.2 Å². The van der Waals surface area contributed by atoms with Crippen molar-refractivity contribution in [2.45, 2.75) is 50.5 Å². The molecule has 0 bridgehead atoms. The Morgan fingerprint density at radius 1 is 1.20 bits per heavy atom. The summed E-state index contributed by atoms with van der Waals surface area (Å²) < 4.78 is 0. The van der Waals surface area contributed by atoms with Gasteiger partial charge in [0.05, 0.1) is 5.88 Å². The number of hydrogen-bond acceptors (Lipinski definition) is 3. The van der Waals surface area contributed by atoms with E-state index in [1.54, 1.807) is 11.8 Å². The molecule has 2 fully saturated rings. The van der Waals surface area contributed by atoms with E-state index in [4.69, 9.17) is 0 Å². The summed E-state index contributed by atoms with van der Waals surface area (Å²) in [6, 6.07) is 8.23. The SMILES string of the molecule is O=C(NCC1CC1)[C@@H]1CSCN1C(=O)C[C@@H]1CCCc2ccccc21. The summed E-state index contributed by atoms with van der Waals surface area (Å²) in [6.07, 6.45) is 6.32. The van der Waals surface area contributed by atoms with Crippen LogP contribution in [0.4, 0.5) is 0 Å². The molecule has 2 aliphatic carbocycles. The minimum absolute atomic E-state index is 0.0364. The average molecular weight is 359 g/mol. The van der Waals surface area contributed by atoms with Crippen LogP contribution in [0, 0.1) is 5.92 Å². The van der Waals surface area contributed by atoms with Crippen LogP contribution in [0.3, 0.4) is 0 Å². The van der Waals surface area contributed by atoms with Crippen molar-refractivity contribution in [1.82, 2.24) is 10.2 Å². The van der Waals surface area contributed by atoms with Crippen LogP contribution >= 0.6 is 11.8 Å². The van der Waals surface area contributed by atoms with E-state index in [0.29, 0.717) is 24.1 Å². The normalized spacial score (nSPS) is 25.5. The minimum atomic E-state index is -0.282. The van der Waals surface area contributed by atoms with Gasteiger partial charge in [0.25, 0.3) is 0 Å². The Bertz CT molecular complexity index is 659. The molecule has 2 atom stereocenters. The Hall–Kier alpha value is -1.49. The summed E-state index contributed by atoms with van der Waals surface area (Å²) in [5.41, 5.74) is 2.73. The molecular weight excluding hydrogens is 332 g/mol. The molecule has 0 aromatic heterocycles. The lowest BCUT2D eigenvalue weighted by atomic mass is 9.81. The zero-order valence-corrected chi connectivity index (χ0v) is 15.4. The van der Waals surface area contributed by atoms with E-state index in [1.165, 1.54) is 24.0 Å². The van der Waals surface area contributed by atoms with Gasteiger partial charge in [-0.1, -0.05) is 24.3 Å². The van der Waals surface area contributed by atoms with E-state index in [0.717, 1.165) is 31.6 Å². The number of hydrogen-bond donors (Lipinski definition) is 1. The summed E-state index contributed by atoms with van der Waals surface area (Å²) in [6.45, 7) is 0.776. The first-order valence-electron chi connectivity index (χ1n) is 9.45. The Morgan fingerprint density at radius 3 is 2.88 bits per heavy atom. The second-order valence-corrected chi connectivity index (χ2v) is 8.56. The number of carbonyl (C=O) groups is 2. The van der Waals surface area contributed by atoms with Crippen molar-refractivity contribution >= 4 is 23.6 Å². The Kier molecular flexibility index (Phi) is 5.02. The predicted molar refractivity (Wildman–Crippen MR) is 100 cm³/mol. The predicted octanol–water partition coefficient (Wildman–Crippen LogP) is 2.92. The standard InChI is InChI=1S/C20H26N2O2S/c23-19(10-16-6-3-5-15-4-1-2-7-17(15)16)22-13-25-12-18(22)20(24)21-11-14-8-9-14/h1-2,4,7,14,16,18H,3,5-6,8-13H2,(H,21,24)/t16-,18-/m0/s1. The van der Waals surface area contributed by atoms with Gasteiger partial charge in [0.15, 0.2) is 0 Å². The molecule has 3 aliphatic rings. The quantitative estimate of drug-likeness (QED) is 0.880. The molecule has 4 nitrogen and oxygen atoms in total. The zero-order valence-electron chi connectivity index (χ0n) is 14.6. The Morgan fingerprint density at radius 2 is 2.04 bits per heavy atom. The van der Waals surface area contributed by atoms with E-state index >= 15 is 0 Å². The fourth-order valence-corrected chi connectivity index (χ4v) is 5.17. The van der Waals surface area contributed by atoms with Crippen molar-refractivity contribution < 1.29 is 9.59 Å². The van der Waals surface area contributed by atoms with Gasteiger partial charge >= 0.3 is 0 Å². The van der Waals surface area contributed by atoms with Crippen LogP contribution in [0.25, 0.3) is 0 Å². The van der Waals surface area contributed by atoms with Crippen LogP contribution in [0.1, 0.15) is 49.1 Å². The lowest BCUT2D eigenvalue weighted by Crippen LogP contribution is -2.48. The van der Waals surface area contributed by atoms with Gasteiger partial charge in [0.1, 0.15) is 6.04 Å². The zero-order chi connectivity index (χ0) is 17.2. The van der Waals surface area contributed by atoms with Crippen molar-refractivity contribution in [1.29, 1.82) is 0 Å². The largest absolute Gasteiger partial charge is 0.354 e. The van der Waals surface area contributed by atoms with Crippen LogP contribution < -0.4 is 5.32 Å². The van der Waals surface area contributed by atoms with E-state index < -0.39 is 0 Å². The van der Waals surface area contributed by atoms with Crippen LogP contribution in [0.5, 0.6) is 0 Å². The summed E-state index contributed by atoms with van der Waals surface area (Å²) in [4.78, 5) is 27.2. The fraction of sp³-hybridized carbons (Fsp3) is 0.600. The van der Waals surface area contributed by atoms with Gasteiger partial charge in [-0.05, 0) is 55.1 Å². The highest BCUT2D eigenvalue weighted by Crippen LogP contribution is 2.35. The number of rotatable bonds is 5. The highest BCUT2D eigenvalue weighted by Gasteiger charge is 2.36. The summed E-state index contributed by atoms with van der Waals surface area (Å²) in [5.74, 6) is 2.52. The van der Waals surface area contributed by atoms with Crippen molar-refractivity contribution in [2.75, 3.05) is 18.2 Å². The van der Waals surface area contributed by atoms with Crippen molar-refractivity contribution in [3.8, 4) is 0 Å². The molecular formula is C20H26N2O2S. The first-order valence-corrected chi connectivity index (χ1v) is 10.6. The van der Waals surface area contributed by atoms with E-state index in [1.807, 2.05) is 4.90 Å². The number of carbonyl (C=O) groups excluding carboxylic acids is 2. The highest BCUT2D eigenvalue weighted by molar-refractivity contribution is 7.99. The van der Waals surface area contributed by atoms with Crippen molar-refractivity contribution in [3.63, 3.8) is 0 Å². The lowest BCUT2D eigenvalue weighted by Gasteiger charge is -2.28. The number of aryl methyl sites for hydroxylation is 1. The molecule has 1 saturated carbocycles. The highest BCUT2D eigenvalue weighted by atomic mass is 32.2. The van der Waals surface area contributed by atoms with Crippen LogP contribution in [-0.2, 0) is 16.0 Å². The number of benzene rings is 1. The molecule has 134 valence electrons. The summed E-state index contributed by atoms with van der Waals surface area (Å²) in [5, 5.41) is 3.04. The second-order valence-electron chi connectivity index (χ2n) is 7.56. The molecule has 0 unspecified atom stereocenters. The van der Waals surface area contributed by atoms with E-state index in [9.17, 15) is 9.59 Å². The molecule has 1 aromatic carbocycles. The van der Waals surface area contributed by atoms with Gasteiger partial charge in [-0.3, -0.25) is 9.59 Å². The third-order valence-electron chi connectivity index (χ3n) is 5.68. The van der Waals surface area contributed by atoms with Crippen LogP contribution in [0.15, 0.2) is 24.3 Å². The third-order valence-corrected chi connectivity index (χ3v) is 6.69. The minimum Gasteiger partial charge on any atom is -0.354 e. The number of amides is 2. The molecule has 1 N–H and O–H groups in total. The topological polar surface area (TPSA) is 49.4 Å². The first kappa shape index (κ1) is 17.0. The van der Waals surface area contributed by atoms with Crippen LogP contribution in [-0.4, -0.2) is 40.9 Å². The van der Waals surface area contributed by atoms with Gasteiger partial charge in [-0.15, -0.1) is 11.8 Å². The van der Waals surface area contributed by atoms with E-state index in [2.05, 4.69) is 29.6 Å². The molecule has 1 heterocycles. The molecule has 0 radical (unpaired) electrons. The van der Waals surface area contributed by atoms with Gasteiger partial charge in [0.2, 0.25) is 11.8 Å². The average Bonchev–Trinajstić information content (AvgIpc) is 3.33. The van der Waals surface area contributed by atoms with E-state index in [-0.39, 0.29) is 17.9 Å². The fourth-order valence-electron chi connectivity index (χ4n) is 3.98. The van der Waals surface area contributed by atoms with Crippen LogP contribution in [0.2, 0.25) is 0 Å². The van der Waals surface area contributed by atoms with Gasteiger partial charge in [-0.25, -0.2) is 0 Å². The summed E-state index contributed by atoms with van der Waals surface area (Å²) >= 11 is 1.69. The Labute approximate surface area is 153 Å². The monoisotopic (exact) mass is 358 g/mol. The first-order chi connectivity index (χ1) is 12.2. The molecule has 2 amide bonds. The second kappa shape index (κ2) is 7.40. The molecule has 1 aromatic rings. The summed E-state index contributed by atoms with van der Waals surface area (Å²) in [7, 11) is 0. The Balaban J connectivity index is 1.39. The third kappa shape index (κ3) is 3.86. The smallest absolute Gasteiger partial charge is 0.243 e. The number of fused-ring (bicyclic) bond motifs is 1. The number of thioether (sulfide) groups is 1. The van der Waals surface area contributed by atoms with Crippen molar-refractivity contribution in [3.05, 3.63) is 35.4 Å². The van der Waals surface area contributed by atoms with Gasteiger partial charge in [-0.2, -0.15) is 0 Å². The molecule has 5 heteroatoms. The molecule has 0 spiro atoms. The van der Waals surface area contributed by atoms with Crippen molar-refractivity contribution in [2.24, 2.45) is 5.92 Å². The number of nitrogens with one attached hydrogen (secondary N) is 1. The van der Waals surface area contributed by atoms with Gasteiger partial charge in [0, 0.05) is 18.7 Å².